The number of rotatable bonds is 3. The summed E-state index contributed by atoms with van der Waals surface area (Å²) >= 11 is 1.82. The molecule has 1 aromatic rings. The molecular formula is C9H11NOS. The van der Waals surface area contributed by atoms with Gasteiger partial charge in [-0.05, 0) is 12.8 Å². The predicted octanol–water partition coefficient (Wildman–Crippen LogP) is 1.96. The molecule has 2 heterocycles. The lowest BCUT2D eigenvalue weighted by Gasteiger charge is -1.88. The van der Waals surface area contributed by atoms with Crippen molar-refractivity contribution >= 4 is 11.3 Å². The lowest BCUT2D eigenvalue weighted by Crippen LogP contribution is -1.93. The second-order valence-corrected chi connectivity index (χ2v) is 4.50. The van der Waals surface area contributed by atoms with Crippen LogP contribution in [0.4, 0.5) is 0 Å². The van der Waals surface area contributed by atoms with Gasteiger partial charge < -0.3 is 4.74 Å². The van der Waals surface area contributed by atoms with Gasteiger partial charge in [0.05, 0.1) is 23.4 Å². The van der Waals surface area contributed by atoms with Crippen molar-refractivity contribution in [2.75, 3.05) is 6.61 Å². The summed E-state index contributed by atoms with van der Waals surface area (Å²) in [5.74, 6) is 0.809. The SMILES string of the molecule is c1sc(C2CC2)nc1CC1CO1. The van der Waals surface area contributed by atoms with Gasteiger partial charge in [0.15, 0.2) is 0 Å². The Labute approximate surface area is 75.6 Å². The molecule has 12 heavy (non-hydrogen) atoms. The zero-order chi connectivity index (χ0) is 7.97. The summed E-state index contributed by atoms with van der Waals surface area (Å²) in [4.78, 5) is 4.59. The van der Waals surface area contributed by atoms with Gasteiger partial charge in [0.25, 0.3) is 0 Å². The van der Waals surface area contributed by atoms with E-state index in [1.165, 1.54) is 23.5 Å². The average molecular weight is 181 g/mol. The first kappa shape index (κ1) is 7.04. The first-order valence-corrected chi connectivity index (χ1v) is 5.35. The van der Waals surface area contributed by atoms with Gasteiger partial charge in [-0.25, -0.2) is 4.98 Å². The van der Waals surface area contributed by atoms with E-state index in [0.717, 1.165) is 18.9 Å². The van der Waals surface area contributed by atoms with Crippen LogP contribution < -0.4 is 0 Å². The highest BCUT2D eigenvalue weighted by molar-refractivity contribution is 7.09. The smallest absolute Gasteiger partial charge is 0.0959 e. The van der Waals surface area contributed by atoms with E-state index in [0.29, 0.717) is 6.10 Å². The van der Waals surface area contributed by atoms with Crippen LogP contribution in [0.15, 0.2) is 5.38 Å². The molecule has 0 N–H and O–H groups in total. The van der Waals surface area contributed by atoms with Crippen molar-refractivity contribution in [1.82, 2.24) is 4.98 Å². The van der Waals surface area contributed by atoms with E-state index in [9.17, 15) is 0 Å². The average Bonchev–Trinajstić information content (AvgIpc) is 2.92. The van der Waals surface area contributed by atoms with Crippen LogP contribution in [-0.2, 0) is 11.2 Å². The van der Waals surface area contributed by atoms with Crippen molar-refractivity contribution in [3.8, 4) is 0 Å². The molecule has 2 nitrogen and oxygen atoms in total. The second-order valence-electron chi connectivity index (χ2n) is 3.61. The summed E-state index contributed by atoms with van der Waals surface area (Å²) < 4.78 is 5.16. The summed E-state index contributed by atoms with van der Waals surface area (Å²) in [6.07, 6.45) is 4.22. The molecule has 1 saturated carbocycles. The van der Waals surface area contributed by atoms with Crippen molar-refractivity contribution in [2.45, 2.75) is 31.3 Å². The maximum atomic E-state index is 5.16. The van der Waals surface area contributed by atoms with Crippen LogP contribution in [0.25, 0.3) is 0 Å². The molecule has 1 aromatic heterocycles. The molecule has 2 aliphatic rings. The number of nitrogens with zero attached hydrogens (tertiary/aromatic N) is 1. The summed E-state index contributed by atoms with van der Waals surface area (Å²) in [7, 11) is 0. The highest BCUT2D eigenvalue weighted by Crippen LogP contribution is 2.41. The van der Waals surface area contributed by atoms with Gasteiger partial charge in [-0.15, -0.1) is 11.3 Å². The Hall–Kier alpha value is -0.410. The molecule has 0 bridgehead atoms. The van der Waals surface area contributed by atoms with Crippen molar-refractivity contribution < 1.29 is 4.74 Å². The van der Waals surface area contributed by atoms with E-state index in [1.54, 1.807) is 0 Å². The highest BCUT2D eigenvalue weighted by atomic mass is 32.1. The minimum absolute atomic E-state index is 0.485. The third kappa shape index (κ3) is 1.39. The Bertz CT molecular complexity index is 288. The van der Waals surface area contributed by atoms with E-state index in [1.807, 2.05) is 11.3 Å². The fourth-order valence-corrected chi connectivity index (χ4v) is 2.36. The van der Waals surface area contributed by atoms with Gasteiger partial charge in [0, 0.05) is 17.7 Å². The number of aromatic nitrogens is 1. The Balaban J connectivity index is 1.72. The largest absolute Gasteiger partial charge is 0.373 e. The lowest BCUT2D eigenvalue weighted by molar-refractivity contribution is 0.406. The normalized spacial score (nSPS) is 27.5. The third-order valence-electron chi connectivity index (χ3n) is 2.34. The first-order chi connectivity index (χ1) is 5.92. The van der Waals surface area contributed by atoms with Crippen molar-refractivity contribution in [1.29, 1.82) is 0 Å². The zero-order valence-corrected chi connectivity index (χ0v) is 7.64. The molecule has 1 saturated heterocycles. The van der Waals surface area contributed by atoms with Gasteiger partial charge in [-0.3, -0.25) is 0 Å². The van der Waals surface area contributed by atoms with Crippen molar-refractivity contribution in [3.63, 3.8) is 0 Å². The molecule has 3 rings (SSSR count). The molecule has 0 amide bonds. The topological polar surface area (TPSA) is 25.4 Å². The van der Waals surface area contributed by atoms with Crippen LogP contribution in [-0.4, -0.2) is 17.7 Å². The van der Waals surface area contributed by atoms with Crippen molar-refractivity contribution in [3.05, 3.63) is 16.1 Å². The zero-order valence-electron chi connectivity index (χ0n) is 6.82. The molecule has 2 fully saturated rings. The molecule has 0 aromatic carbocycles. The third-order valence-corrected chi connectivity index (χ3v) is 3.39. The van der Waals surface area contributed by atoms with E-state index >= 15 is 0 Å². The van der Waals surface area contributed by atoms with Crippen molar-refractivity contribution in [2.24, 2.45) is 0 Å². The number of thiazole rings is 1. The molecule has 3 heteroatoms. The minimum Gasteiger partial charge on any atom is -0.373 e. The van der Waals surface area contributed by atoms with Crippen LogP contribution in [0, 0.1) is 0 Å². The summed E-state index contributed by atoms with van der Waals surface area (Å²) in [6.45, 7) is 0.941. The minimum atomic E-state index is 0.485. The van der Waals surface area contributed by atoms with Gasteiger partial charge in [-0.1, -0.05) is 0 Å². The maximum Gasteiger partial charge on any atom is 0.0959 e. The summed E-state index contributed by atoms with van der Waals surface area (Å²) in [5, 5.41) is 3.54. The quantitative estimate of drug-likeness (QED) is 0.666. The Morgan fingerprint density at radius 1 is 1.58 bits per heavy atom. The van der Waals surface area contributed by atoms with E-state index < -0.39 is 0 Å². The summed E-state index contributed by atoms with van der Waals surface area (Å²) in [6, 6.07) is 0. The van der Waals surface area contributed by atoms with Crippen LogP contribution >= 0.6 is 11.3 Å². The van der Waals surface area contributed by atoms with Crippen LogP contribution in [0.3, 0.4) is 0 Å². The van der Waals surface area contributed by atoms with Crippen LogP contribution in [0.1, 0.15) is 29.5 Å². The number of ether oxygens (including phenoxy) is 1. The Morgan fingerprint density at radius 3 is 3.08 bits per heavy atom. The molecule has 0 radical (unpaired) electrons. The molecular weight excluding hydrogens is 170 g/mol. The van der Waals surface area contributed by atoms with Gasteiger partial charge in [0.2, 0.25) is 0 Å². The maximum absolute atomic E-state index is 5.16. The highest BCUT2D eigenvalue weighted by Gasteiger charge is 2.28. The molecule has 64 valence electrons. The van der Waals surface area contributed by atoms with Crippen LogP contribution in [0.2, 0.25) is 0 Å². The number of hydrogen-bond donors (Lipinski definition) is 0. The second kappa shape index (κ2) is 2.54. The first-order valence-electron chi connectivity index (χ1n) is 4.48. The molecule has 1 aliphatic carbocycles. The van der Waals surface area contributed by atoms with Gasteiger partial charge >= 0.3 is 0 Å². The fourth-order valence-electron chi connectivity index (χ4n) is 1.35. The molecule has 1 aliphatic heterocycles. The van der Waals surface area contributed by atoms with E-state index in [2.05, 4.69) is 10.4 Å². The van der Waals surface area contributed by atoms with Gasteiger partial charge in [0.1, 0.15) is 0 Å². The van der Waals surface area contributed by atoms with Gasteiger partial charge in [-0.2, -0.15) is 0 Å². The monoisotopic (exact) mass is 181 g/mol. The van der Waals surface area contributed by atoms with E-state index in [4.69, 9.17) is 4.74 Å². The molecule has 0 spiro atoms. The molecule has 1 unspecified atom stereocenters. The van der Waals surface area contributed by atoms with E-state index in [-0.39, 0.29) is 0 Å². The number of hydrogen-bond acceptors (Lipinski definition) is 3. The lowest BCUT2D eigenvalue weighted by atomic mass is 10.3. The fraction of sp³-hybridized carbons (Fsp3) is 0.667. The molecule has 1 atom stereocenters. The Morgan fingerprint density at radius 2 is 2.42 bits per heavy atom. The Kier molecular flexibility index (Phi) is 1.49. The predicted molar refractivity (Wildman–Crippen MR) is 47.5 cm³/mol. The number of epoxide rings is 1. The summed E-state index contributed by atoms with van der Waals surface area (Å²) in [5.41, 5.74) is 1.24. The van der Waals surface area contributed by atoms with Crippen LogP contribution in [0.5, 0.6) is 0 Å². The standard InChI is InChI=1S/C9H11NOS/c1-2-6(1)9-10-7(5-12-9)3-8-4-11-8/h5-6,8H,1-4H2.